The number of ether oxygens (including phenoxy) is 2. The van der Waals surface area contributed by atoms with E-state index < -0.39 is 8.07 Å². The van der Waals surface area contributed by atoms with Crippen LogP contribution in [0.1, 0.15) is 34.6 Å². The summed E-state index contributed by atoms with van der Waals surface area (Å²) in [5.74, 6) is 1.77. The zero-order valence-corrected chi connectivity index (χ0v) is 17.9. The smallest absolute Gasteiger partial charge is 0.209 e. The second-order valence-corrected chi connectivity index (χ2v) is 13.9. The minimum Gasteiger partial charge on any atom is -0.480 e. The second-order valence-electron chi connectivity index (χ2n) is 7.15. The Morgan fingerprint density at radius 1 is 1.17 bits per heavy atom. The van der Waals surface area contributed by atoms with Crippen LogP contribution in [-0.2, 0) is 14.3 Å². The fraction of sp³-hybridized carbons (Fsp3) is 0.824. The van der Waals surface area contributed by atoms with Crippen molar-refractivity contribution >= 4 is 36.7 Å². The molecule has 5 nitrogen and oxygen atoms in total. The van der Waals surface area contributed by atoms with E-state index in [0.29, 0.717) is 19.1 Å². The van der Waals surface area contributed by atoms with Crippen LogP contribution in [0.5, 0.6) is 0 Å². The molecule has 0 bridgehead atoms. The molecule has 1 aliphatic rings. The molecule has 0 amide bonds. The first-order valence-corrected chi connectivity index (χ1v) is 13.1. The maximum atomic E-state index is 11.3. The van der Waals surface area contributed by atoms with Crippen LogP contribution < -0.4 is 0 Å². The summed E-state index contributed by atoms with van der Waals surface area (Å²) in [6.07, 6.45) is 0. The lowest BCUT2D eigenvalue weighted by molar-refractivity contribution is -0.109. The van der Waals surface area contributed by atoms with E-state index in [-0.39, 0.29) is 17.2 Å². The van der Waals surface area contributed by atoms with Gasteiger partial charge in [0, 0.05) is 6.92 Å². The molecule has 0 fully saturated rings. The molecule has 0 radical (unpaired) electrons. The zero-order chi connectivity index (χ0) is 18.3. The summed E-state index contributed by atoms with van der Waals surface area (Å²) in [5, 5.41) is 1.07. The molecule has 1 rings (SSSR count). The fourth-order valence-electron chi connectivity index (χ4n) is 2.56. The predicted molar refractivity (Wildman–Crippen MR) is 106 cm³/mol. The zero-order valence-electron chi connectivity index (χ0n) is 16.1. The number of hydrogen-bond donors (Lipinski definition) is 0. The molecule has 0 unspecified atom stereocenters. The summed E-state index contributed by atoms with van der Waals surface area (Å²) in [7, 11) is -1.61. The van der Waals surface area contributed by atoms with Crippen LogP contribution in [-0.4, -0.2) is 55.7 Å². The highest BCUT2D eigenvalue weighted by Gasteiger charge is 2.35. The first-order chi connectivity index (χ1) is 11.2. The van der Waals surface area contributed by atoms with Crippen LogP contribution >= 0.6 is 11.8 Å². The van der Waals surface area contributed by atoms with E-state index in [0.717, 1.165) is 23.2 Å². The Morgan fingerprint density at radius 2 is 1.75 bits per heavy atom. The summed E-state index contributed by atoms with van der Waals surface area (Å²) < 4.78 is 11.6. The van der Waals surface area contributed by atoms with E-state index in [2.05, 4.69) is 26.9 Å². The molecule has 0 N–H and O–H groups in total. The summed E-state index contributed by atoms with van der Waals surface area (Å²) in [6.45, 7) is 15.6. The minimum atomic E-state index is -1.61. The Hall–Kier alpha value is -0.823. The molecule has 1 heterocycles. The van der Waals surface area contributed by atoms with Gasteiger partial charge in [-0.05, 0) is 31.2 Å². The number of hydrogen-bond acceptors (Lipinski definition) is 6. The van der Waals surface area contributed by atoms with Crippen molar-refractivity contribution < 1.29 is 14.3 Å². The van der Waals surface area contributed by atoms with Crippen LogP contribution in [0.25, 0.3) is 0 Å². The highest BCUT2D eigenvalue weighted by Crippen LogP contribution is 2.26. The fourth-order valence-corrected chi connectivity index (χ4v) is 6.72. The van der Waals surface area contributed by atoms with Crippen molar-refractivity contribution in [2.24, 2.45) is 15.9 Å². The lowest BCUT2D eigenvalue weighted by atomic mass is 10.0. The quantitative estimate of drug-likeness (QED) is 0.638. The maximum Gasteiger partial charge on any atom is 0.209 e. The average molecular weight is 373 g/mol. The Balaban J connectivity index is 2.99. The van der Waals surface area contributed by atoms with Crippen molar-refractivity contribution in [2.45, 2.75) is 65.8 Å². The van der Waals surface area contributed by atoms with Gasteiger partial charge in [-0.2, -0.15) is 0 Å². The minimum absolute atomic E-state index is 0.0703. The Bertz CT molecular complexity index is 492. The lowest BCUT2D eigenvalue weighted by Crippen LogP contribution is -2.43. The van der Waals surface area contributed by atoms with Crippen molar-refractivity contribution in [3.05, 3.63) is 0 Å². The van der Waals surface area contributed by atoms with Gasteiger partial charge >= 0.3 is 0 Å². The van der Waals surface area contributed by atoms with Crippen molar-refractivity contribution in [2.75, 3.05) is 18.6 Å². The molecule has 0 aromatic rings. The molecular formula is C17H32N2O3SSi. The first kappa shape index (κ1) is 21.2. The van der Waals surface area contributed by atoms with E-state index in [1.54, 1.807) is 6.92 Å². The molecule has 2 atom stereocenters. The van der Waals surface area contributed by atoms with Crippen molar-refractivity contribution in [1.29, 1.82) is 0 Å². The topological polar surface area (TPSA) is 60.2 Å². The molecule has 0 saturated heterocycles. The maximum absolute atomic E-state index is 11.3. The molecule has 138 valence electrons. The monoisotopic (exact) mass is 372 g/mol. The van der Waals surface area contributed by atoms with Crippen molar-refractivity contribution in [1.82, 2.24) is 0 Å². The Kier molecular flexibility index (Phi) is 8.49. The highest BCUT2D eigenvalue weighted by molar-refractivity contribution is 8.14. The van der Waals surface area contributed by atoms with Gasteiger partial charge in [0.25, 0.3) is 0 Å². The number of thioether (sulfide) groups is 1. The normalized spacial score (nSPS) is 21.3. The van der Waals surface area contributed by atoms with E-state index in [4.69, 9.17) is 19.5 Å². The van der Waals surface area contributed by atoms with Gasteiger partial charge in [-0.1, -0.05) is 38.7 Å². The molecule has 0 aliphatic carbocycles. The average Bonchev–Trinajstić information content (AvgIpc) is 2.47. The van der Waals surface area contributed by atoms with Gasteiger partial charge in [-0.15, -0.1) is 0 Å². The van der Waals surface area contributed by atoms with Crippen molar-refractivity contribution in [3.8, 4) is 0 Å². The molecular weight excluding hydrogens is 340 g/mol. The molecule has 24 heavy (non-hydrogen) atoms. The van der Waals surface area contributed by atoms with Gasteiger partial charge < -0.3 is 9.47 Å². The summed E-state index contributed by atoms with van der Waals surface area (Å²) in [4.78, 5) is 21.0. The number of carbonyl (C=O) groups is 1. The first-order valence-electron chi connectivity index (χ1n) is 8.74. The standard InChI is InChI=1S/C17H32N2O3SSi/c1-8-21-16-14(10-24(6,7)11-23-13(5)20)18-17(22-9-2)15(19-16)12(3)4/h12,14-15H,8-11H2,1-7H3/t14-,15+/m0/s1. The largest absolute Gasteiger partial charge is 0.480 e. The number of nitrogens with zero attached hydrogens (tertiary/aromatic N) is 2. The molecule has 7 heteroatoms. The molecule has 0 saturated carbocycles. The van der Waals surface area contributed by atoms with Crippen LogP contribution in [0.15, 0.2) is 9.98 Å². The Morgan fingerprint density at radius 3 is 2.25 bits per heavy atom. The lowest BCUT2D eigenvalue weighted by Gasteiger charge is -2.31. The van der Waals surface area contributed by atoms with E-state index in [1.165, 1.54) is 11.8 Å². The summed E-state index contributed by atoms with van der Waals surface area (Å²) in [6, 6.07) is 0.753. The van der Waals surface area contributed by atoms with Gasteiger partial charge in [0.05, 0.1) is 21.3 Å². The molecule has 1 aliphatic heterocycles. The van der Waals surface area contributed by atoms with Gasteiger partial charge in [0.15, 0.2) is 5.12 Å². The van der Waals surface area contributed by atoms with Gasteiger partial charge in [-0.3, -0.25) is 4.79 Å². The molecule has 0 aromatic heterocycles. The van der Waals surface area contributed by atoms with Crippen LogP contribution in [0, 0.1) is 5.92 Å². The van der Waals surface area contributed by atoms with Gasteiger partial charge in [-0.25, -0.2) is 9.98 Å². The predicted octanol–water partition coefficient (Wildman–Crippen LogP) is 3.79. The second kappa shape index (κ2) is 9.61. The third-order valence-electron chi connectivity index (χ3n) is 3.72. The van der Waals surface area contributed by atoms with E-state index in [9.17, 15) is 4.79 Å². The molecule has 0 spiro atoms. The van der Waals surface area contributed by atoms with E-state index >= 15 is 0 Å². The van der Waals surface area contributed by atoms with Crippen LogP contribution in [0.4, 0.5) is 0 Å². The van der Waals surface area contributed by atoms with Gasteiger partial charge in [0.1, 0.15) is 12.1 Å². The third kappa shape index (κ3) is 6.59. The third-order valence-corrected chi connectivity index (χ3v) is 9.32. The SMILES string of the molecule is CCOC1=N[C@H](C(C)C)C(OCC)=N[C@H]1C[Si](C)(C)CSC(C)=O. The van der Waals surface area contributed by atoms with Gasteiger partial charge in [0.2, 0.25) is 11.8 Å². The summed E-state index contributed by atoms with van der Waals surface area (Å²) in [5.41, 5.74) is 0. The number of carbonyl (C=O) groups excluding carboxylic acids is 1. The van der Waals surface area contributed by atoms with E-state index in [1.807, 2.05) is 13.8 Å². The van der Waals surface area contributed by atoms with Crippen LogP contribution in [0.3, 0.4) is 0 Å². The Labute approximate surface area is 151 Å². The van der Waals surface area contributed by atoms with Crippen molar-refractivity contribution in [3.63, 3.8) is 0 Å². The highest BCUT2D eigenvalue weighted by atomic mass is 32.2. The number of aliphatic imine (C=N–C) groups is 2. The molecule has 0 aromatic carbocycles. The summed E-state index contributed by atoms with van der Waals surface area (Å²) >= 11 is 1.42. The number of rotatable bonds is 7. The van der Waals surface area contributed by atoms with Crippen LogP contribution in [0.2, 0.25) is 19.1 Å².